The van der Waals surface area contributed by atoms with E-state index in [0.717, 1.165) is 62.7 Å². The average molecular weight is 291 g/mol. The maximum atomic E-state index is 12.6. The van der Waals surface area contributed by atoms with E-state index >= 15 is 0 Å². The van der Waals surface area contributed by atoms with Gasteiger partial charge in [0.25, 0.3) is 0 Å². The van der Waals surface area contributed by atoms with Gasteiger partial charge >= 0.3 is 0 Å². The second kappa shape index (κ2) is 6.18. The van der Waals surface area contributed by atoms with Crippen LogP contribution >= 0.6 is 0 Å². The summed E-state index contributed by atoms with van der Waals surface area (Å²) in [4.78, 5) is 22.3. The molecule has 1 N–H and O–H groups in total. The Morgan fingerprint density at radius 1 is 1.48 bits per heavy atom. The van der Waals surface area contributed by atoms with E-state index in [1.807, 2.05) is 18.9 Å². The van der Waals surface area contributed by atoms with Crippen LogP contribution < -0.4 is 0 Å². The highest BCUT2D eigenvalue weighted by atomic mass is 16.5. The minimum Gasteiger partial charge on any atom is -0.381 e. The van der Waals surface area contributed by atoms with Gasteiger partial charge in [0.2, 0.25) is 5.91 Å². The lowest BCUT2D eigenvalue weighted by Gasteiger charge is -2.30. The lowest BCUT2D eigenvalue weighted by Crippen LogP contribution is -2.40. The number of aromatic nitrogens is 2. The smallest absolute Gasteiger partial charge is 0.225 e. The summed E-state index contributed by atoms with van der Waals surface area (Å²) in [6.07, 6.45) is 4.93. The van der Waals surface area contributed by atoms with Crippen LogP contribution in [-0.2, 0) is 22.4 Å². The molecule has 1 saturated heterocycles. The fraction of sp³-hybridized carbons (Fsp3) is 0.750. The summed E-state index contributed by atoms with van der Waals surface area (Å²) in [6.45, 7) is 4.47. The number of hydrogen-bond acceptors (Lipinski definition) is 3. The van der Waals surface area contributed by atoms with Crippen LogP contribution in [0.2, 0.25) is 0 Å². The number of fused-ring (bicyclic) bond motifs is 1. The largest absolute Gasteiger partial charge is 0.381 e. The van der Waals surface area contributed by atoms with Gasteiger partial charge in [-0.15, -0.1) is 0 Å². The third-order valence-corrected chi connectivity index (χ3v) is 4.68. The summed E-state index contributed by atoms with van der Waals surface area (Å²) < 4.78 is 5.51. The van der Waals surface area contributed by atoms with Crippen LogP contribution in [0.15, 0.2) is 0 Å². The molecule has 0 spiro atoms. The van der Waals surface area contributed by atoms with Crippen molar-refractivity contribution in [2.75, 3.05) is 26.8 Å². The number of nitrogens with zero attached hydrogens (tertiary/aromatic N) is 2. The molecule has 3 rings (SSSR count). The Morgan fingerprint density at radius 2 is 2.33 bits per heavy atom. The van der Waals surface area contributed by atoms with Gasteiger partial charge in [0.05, 0.1) is 12.3 Å². The van der Waals surface area contributed by atoms with Crippen molar-refractivity contribution in [1.82, 2.24) is 14.9 Å². The van der Waals surface area contributed by atoms with Crippen LogP contribution in [-0.4, -0.2) is 47.6 Å². The molecule has 1 aromatic heterocycles. The number of nitrogens with one attached hydrogen (secondary N) is 1. The van der Waals surface area contributed by atoms with Crippen molar-refractivity contribution >= 4 is 5.91 Å². The summed E-state index contributed by atoms with van der Waals surface area (Å²) in [5, 5.41) is 0. The number of amides is 1. The van der Waals surface area contributed by atoms with E-state index in [2.05, 4.69) is 9.97 Å². The molecule has 1 aromatic rings. The van der Waals surface area contributed by atoms with E-state index in [0.29, 0.717) is 5.92 Å². The maximum absolute atomic E-state index is 12.6. The molecule has 0 bridgehead atoms. The Kier molecular flexibility index (Phi) is 4.29. The third-order valence-electron chi connectivity index (χ3n) is 4.68. The summed E-state index contributed by atoms with van der Waals surface area (Å²) in [7, 11) is 1.94. The number of carbonyl (C=O) groups is 1. The Labute approximate surface area is 126 Å². The number of H-pyrrole nitrogens is 1. The summed E-state index contributed by atoms with van der Waals surface area (Å²) in [5.41, 5.74) is 2.31. The first-order valence-corrected chi connectivity index (χ1v) is 8.00. The molecule has 0 radical (unpaired) electrons. The SMILES string of the molecule is Cc1nc2c([nH]1)C[C@@H](C(=O)N(C)C[C@H]1CCCOC1)CC2. The molecular formula is C16H25N3O2. The number of imidazole rings is 1. The average Bonchev–Trinajstić information content (AvgIpc) is 2.86. The number of aromatic amines is 1. The Balaban J connectivity index is 1.57. The third kappa shape index (κ3) is 3.28. The topological polar surface area (TPSA) is 58.2 Å². The lowest BCUT2D eigenvalue weighted by atomic mass is 9.88. The van der Waals surface area contributed by atoms with Gasteiger partial charge in [-0.1, -0.05) is 0 Å². The molecule has 0 saturated carbocycles. The van der Waals surface area contributed by atoms with Gasteiger partial charge in [-0.05, 0) is 38.5 Å². The lowest BCUT2D eigenvalue weighted by molar-refractivity contribution is -0.135. The second-order valence-corrected chi connectivity index (χ2v) is 6.49. The summed E-state index contributed by atoms with van der Waals surface area (Å²) in [6, 6.07) is 0. The number of hydrogen-bond donors (Lipinski definition) is 1. The van der Waals surface area contributed by atoms with E-state index in [4.69, 9.17) is 4.74 Å². The molecule has 1 aliphatic heterocycles. The molecule has 5 heteroatoms. The fourth-order valence-electron chi connectivity index (χ4n) is 3.57. The number of aryl methyl sites for hydroxylation is 2. The van der Waals surface area contributed by atoms with Crippen LogP contribution in [0.25, 0.3) is 0 Å². The summed E-state index contributed by atoms with van der Waals surface area (Å²) >= 11 is 0. The van der Waals surface area contributed by atoms with Crippen molar-refractivity contribution in [3.63, 3.8) is 0 Å². The maximum Gasteiger partial charge on any atom is 0.225 e. The van der Waals surface area contributed by atoms with Gasteiger partial charge in [0.15, 0.2) is 0 Å². The minimum atomic E-state index is 0.104. The molecular weight excluding hydrogens is 266 g/mol. The molecule has 0 unspecified atom stereocenters. The highest BCUT2D eigenvalue weighted by molar-refractivity contribution is 5.79. The van der Waals surface area contributed by atoms with Gasteiger partial charge in [-0.25, -0.2) is 4.98 Å². The number of ether oxygens (including phenoxy) is 1. The highest BCUT2D eigenvalue weighted by Gasteiger charge is 2.29. The molecule has 1 aliphatic carbocycles. The van der Waals surface area contributed by atoms with Crippen molar-refractivity contribution in [3.8, 4) is 0 Å². The Hall–Kier alpha value is -1.36. The van der Waals surface area contributed by atoms with Crippen LogP contribution in [0.3, 0.4) is 0 Å². The first-order valence-electron chi connectivity index (χ1n) is 8.00. The van der Waals surface area contributed by atoms with Crippen LogP contribution in [0.1, 0.15) is 36.5 Å². The van der Waals surface area contributed by atoms with Crippen molar-refractivity contribution < 1.29 is 9.53 Å². The molecule has 21 heavy (non-hydrogen) atoms. The highest BCUT2D eigenvalue weighted by Crippen LogP contribution is 2.26. The van der Waals surface area contributed by atoms with Crippen molar-refractivity contribution in [2.24, 2.45) is 11.8 Å². The standard InChI is InChI=1S/C16H25N3O2/c1-11-17-14-6-5-13(8-15(14)18-11)16(20)19(2)9-12-4-3-7-21-10-12/h12-13H,3-10H2,1-2H3,(H,17,18)/t12-,13+/m1/s1. The zero-order valence-electron chi connectivity index (χ0n) is 13.0. The first-order chi connectivity index (χ1) is 10.1. The van der Waals surface area contributed by atoms with Gasteiger partial charge in [0, 0.05) is 38.2 Å². The molecule has 1 fully saturated rings. The van der Waals surface area contributed by atoms with Crippen LogP contribution in [0, 0.1) is 18.8 Å². The predicted molar refractivity (Wildman–Crippen MR) is 80.0 cm³/mol. The first kappa shape index (κ1) is 14.6. The molecule has 1 amide bonds. The zero-order valence-corrected chi connectivity index (χ0v) is 13.0. The molecule has 0 aromatic carbocycles. The van der Waals surface area contributed by atoms with E-state index in [1.54, 1.807) is 0 Å². The monoisotopic (exact) mass is 291 g/mol. The quantitative estimate of drug-likeness (QED) is 0.922. The number of carbonyl (C=O) groups excluding carboxylic acids is 1. The van der Waals surface area contributed by atoms with Gasteiger partial charge in [-0.2, -0.15) is 0 Å². The van der Waals surface area contributed by atoms with Crippen LogP contribution in [0.5, 0.6) is 0 Å². The van der Waals surface area contributed by atoms with E-state index in [9.17, 15) is 4.79 Å². The molecule has 116 valence electrons. The predicted octanol–water partition coefficient (Wildman–Crippen LogP) is 1.71. The molecule has 2 atom stereocenters. The van der Waals surface area contributed by atoms with Gasteiger partial charge in [-0.3, -0.25) is 4.79 Å². The minimum absolute atomic E-state index is 0.104. The summed E-state index contributed by atoms with van der Waals surface area (Å²) in [5.74, 6) is 1.84. The van der Waals surface area contributed by atoms with Gasteiger partial charge < -0.3 is 14.6 Å². The van der Waals surface area contributed by atoms with Crippen LogP contribution in [0.4, 0.5) is 0 Å². The van der Waals surface area contributed by atoms with Crippen molar-refractivity contribution in [3.05, 3.63) is 17.2 Å². The van der Waals surface area contributed by atoms with Gasteiger partial charge in [0.1, 0.15) is 5.82 Å². The molecule has 2 aliphatic rings. The normalized spacial score (nSPS) is 25.4. The van der Waals surface area contributed by atoms with E-state index in [-0.39, 0.29) is 11.8 Å². The zero-order chi connectivity index (χ0) is 14.8. The number of rotatable bonds is 3. The second-order valence-electron chi connectivity index (χ2n) is 6.49. The Morgan fingerprint density at radius 3 is 3.10 bits per heavy atom. The molecule has 2 heterocycles. The van der Waals surface area contributed by atoms with E-state index < -0.39 is 0 Å². The van der Waals surface area contributed by atoms with Crippen molar-refractivity contribution in [1.29, 1.82) is 0 Å². The Bertz CT molecular complexity index is 506. The fourth-order valence-corrected chi connectivity index (χ4v) is 3.57. The van der Waals surface area contributed by atoms with E-state index in [1.165, 1.54) is 6.42 Å². The van der Waals surface area contributed by atoms with Crippen molar-refractivity contribution in [2.45, 2.75) is 39.0 Å². The molecule has 5 nitrogen and oxygen atoms in total.